The highest BCUT2D eigenvalue weighted by Crippen LogP contribution is 2.42. The van der Waals surface area contributed by atoms with E-state index in [4.69, 9.17) is 4.74 Å². The van der Waals surface area contributed by atoms with Gasteiger partial charge in [0.2, 0.25) is 5.95 Å². The van der Waals surface area contributed by atoms with Crippen molar-refractivity contribution in [1.82, 2.24) is 19.9 Å². The molecule has 1 atom stereocenters. The summed E-state index contributed by atoms with van der Waals surface area (Å²) in [5.74, 6) is 1.13. The van der Waals surface area contributed by atoms with E-state index in [9.17, 15) is 4.79 Å². The number of aryl methyl sites for hydroxylation is 1. The summed E-state index contributed by atoms with van der Waals surface area (Å²) in [6.45, 7) is 4.85. The zero-order valence-corrected chi connectivity index (χ0v) is 14.9. The number of nitrogens with one attached hydrogen (secondary N) is 1. The second-order valence-electron chi connectivity index (χ2n) is 7.10. The van der Waals surface area contributed by atoms with Crippen LogP contribution in [0, 0.1) is 12.8 Å². The summed E-state index contributed by atoms with van der Waals surface area (Å²) in [6.07, 6.45) is 8.92. The fraction of sp³-hybridized carbons (Fsp3) is 0.474. The molecule has 7 nitrogen and oxygen atoms in total. The van der Waals surface area contributed by atoms with Crippen LogP contribution < -0.4 is 5.32 Å². The van der Waals surface area contributed by atoms with Crippen molar-refractivity contribution in [3.05, 3.63) is 48.0 Å². The Morgan fingerprint density at radius 2 is 2.15 bits per heavy atom. The maximum Gasteiger partial charge on any atom is 0.255 e. The van der Waals surface area contributed by atoms with Crippen LogP contribution in [-0.2, 0) is 4.74 Å². The largest absolute Gasteiger partial charge is 0.371 e. The lowest BCUT2D eigenvalue weighted by atomic mass is 9.78. The summed E-state index contributed by atoms with van der Waals surface area (Å²) in [5, 5.41) is 3.28. The van der Waals surface area contributed by atoms with Gasteiger partial charge in [-0.2, -0.15) is 0 Å². The van der Waals surface area contributed by atoms with Crippen LogP contribution in [0.2, 0.25) is 0 Å². The molecule has 0 aliphatic carbocycles. The molecule has 4 rings (SSSR count). The highest BCUT2D eigenvalue weighted by Gasteiger charge is 2.54. The van der Waals surface area contributed by atoms with Gasteiger partial charge >= 0.3 is 0 Å². The van der Waals surface area contributed by atoms with Crippen LogP contribution in [0.25, 0.3) is 0 Å². The van der Waals surface area contributed by atoms with Crippen molar-refractivity contribution in [2.45, 2.75) is 25.4 Å². The molecule has 2 aliphatic rings. The van der Waals surface area contributed by atoms with Crippen LogP contribution in [0.1, 0.15) is 28.8 Å². The average Bonchev–Trinajstić information content (AvgIpc) is 3.06. The minimum Gasteiger partial charge on any atom is -0.371 e. The summed E-state index contributed by atoms with van der Waals surface area (Å²) < 4.78 is 6.06. The number of aromatic nitrogens is 3. The Labute approximate surface area is 152 Å². The van der Waals surface area contributed by atoms with E-state index in [0.717, 1.165) is 31.6 Å². The zero-order valence-electron chi connectivity index (χ0n) is 14.9. The Morgan fingerprint density at radius 3 is 2.88 bits per heavy atom. The monoisotopic (exact) mass is 353 g/mol. The van der Waals surface area contributed by atoms with Crippen LogP contribution in [0.4, 0.5) is 5.95 Å². The predicted molar refractivity (Wildman–Crippen MR) is 96.8 cm³/mol. The van der Waals surface area contributed by atoms with E-state index < -0.39 is 0 Å². The smallest absolute Gasteiger partial charge is 0.255 e. The van der Waals surface area contributed by atoms with Gasteiger partial charge in [0.1, 0.15) is 5.60 Å². The third-order valence-corrected chi connectivity index (χ3v) is 5.27. The molecule has 2 saturated heterocycles. The summed E-state index contributed by atoms with van der Waals surface area (Å²) in [5.41, 5.74) is 1.50. The third-order valence-electron chi connectivity index (χ3n) is 5.27. The van der Waals surface area contributed by atoms with Gasteiger partial charge in [-0.25, -0.2) is 9.97 Å². The standard InChI is InChI=1S/C19H23N5O2/c1-14-9-22-18(23-10-14)21-7-4-16-5-8-26-19(16)12-24(13-19)17(25)15-3-2-6-20-11-15/h2-3,6,9-11,16H,4-5,7-8,12-13H2,1H3,(H,21,22,23)/t16-/m1/s1. The van der Waals surface area contributed by atoms with Gasteiger partial charge in [0.25, 0.3) is 5.91 Å². The number of hydrogen-bond acceptors (Lipinski definition) is 6. The number of anilines is 1. The van der Waals surface area contributed by atoms with Gasteiger partial charge < -0.3 is 15.0 Å². The molecule has 4 heterocycles. The first-order chi connectivity index (χ1) is 12.7. The molecule has 1 spiro atoms. The van der Waals surface area contributed by atoms with Gasteiger partial charge in [-0.05, 0) is 43.4 Å². The molecule has 1 amide bonds. The molecule has 1 N–H and O–H groups in total. The van der Waals surface area contributed by atoms with Gasteiger partial charge in [0.15, 0.2) is 0 Å². The molecule has 2 fully saturated rings. The van der Waals surface area contributed by atoms with Crippen LogP contribution in [0.3, 0.4) is 0 Å². The molecule has 136 valence electrons. The second kappa shape index (κ2) is 6.99. The number of carbonyl (C=O) groups excluding carboxylic acids is 1. The topological polar surface area (TPSA) is 80.2 Å². The number of nitrogens with zero attached hydrogens (tertiary/aromatic N) is 4. The average molecular weight is 353 g/mol. The lowest BCUT2D eigenvalue weighted by Gasteiger charge is -2.50. The Balaban J connectivity index is 1.30. The number of pyridine rings is 1. The Kier molecular flexibility index (Phi) is 4.55. The highest BCUT2D eigenvalue weighted by atomic mass is 16.5. The van der Waals surface area contributed by atoms with Crippen LogP contribution >= 0.6 is 0 Å². The first-order valence-corrected chi connectivity index (χ1v) is 9.02. The number of likely N-dealkylation sites (tertiary alicyclic amines) is 1. The maximum atomic E-state index is 12.5. The number of carbonyl (C=O) groups is 1. The predicted octanol–water partition coefficient (Wildman–Crippen LogP) is 1.91. The van der Waals surface area contributed by atoms with Crippen LogP contribution in [0.15, 0.2) is 36.9 Å². The zero-order chi connectivity index (χ0) is 18.0. The molecule has 2 aromatic heterocycles. The minimum absolute atomic E-state index is 0.0316. The lowest BCUT2D eigenvalue weighted by Crippen LogP contribution is -2.66. The van der Waals surface area contributed by atoms with E-state index in [1.807, 2.05) is 24.2 Å². The number of ether oxygens (including phenoxy) is 1. The Hall–Kier alpha value is -2.54. The van der Waals surface area contributed by atoms with E-state index in [2.05, 4.69) is 20.3 Å². The van der Waals surface area contributed by atoms with Crippen molar-refractivity contribution >= 4 is 11.9 Å². The summed E-state index contributed by atoms with van der Waals surface area (Å²) >= 11 is 0. The molecule has 7 heteroatoms. The van der Waals surface area contributed by atoms with Crippen molar-refractivity contribution in [3.63, 3.8) is 0 Å². The summed E-state index contributed by atoms with van der Waals surface area (Å²) in [6, 6.07) is 3.59. The molecule has 2 aromatic rings. The van der Waals surface area contributed by atoms with Crippen LogP contribution in [-0.4, -0.2) is 57.6 Å². The van der Waals surface area contributed by atoms with E-state index in [1.165, 1.54) is 0 Å². The molecular formula is C19H23N5O2. The summed E-state index contributed by atoms with van der Waals surface area (Å²) in [4.78, 5) is 26.9. The van der Waals surface area contributed by atoms with Crippen molar-refractivity contribution in [2.24, 2.45) is 5.92 Å². The SMILES string of the molecule is Cc1cnc(NCC[C@@H]2CCOC23CN(C(=O)c2cccnc2)C3)nc1. The number of amides is 1. The first kappa shape index (κ1) is 16.9. The van der Waals surface area contributed by atoms with Crippen molar-refractivity contribution < 1.29 is 9.53 Å². The van der Waals surface area contributed by atoms with E-state index in [-0.39, 0.29) is 11.5 Å². The van der Waals surface area contributed by atoms with Gasteiger partial charge in [-0.15, -0.1) is 0 Å². The van der Waals surface area contributed by atoms with E-state index in [0.29, 0.717) is 30.5 Å². The van der Waals surface area contributed by atoms with E-state index >= 15 is 0 Å². The molecular weight excluding hydrogens is 330 g/mol. The summed E-state index contributed by atoms with van der Waals surface area (Å²) in [7, 11) is 0. The fourth-order valence-electron chi connectivity index (χ4n) is 3.80. The molecule has 0 bridgehead atoms. The fourth-order valence-corrected chi connectivity index (χ4v) is 3.80. The molecule has 0 radical (unpaired) electrons. The molecule has 26 heavy (non-hydrogen) atoms. The molecule has 2 aliphatic heterocycles. The van der Waals surface area contributed by atoms with Gasteiger partial charge in [0.05, 0.1) is 18.7 Å². The molecule has 0 unspecified atom stereocenters. The van der Waals surface area contributed by atoms with Gasteiger partial charge in [-0.1, -0.05) is 0 Å². The van der Waals surface area contributed by atoms with Crippen LogP contribution in [0.5, 0.6) is 0 Å². The molecule has 0 saturated carbocycles. The quantitative estimate of drug-likeness (QED) is 0.884. The highest BCUT2D eigenvalue weighted by molar-refractivity contribution is 5.94. The first-order valence-electron chi connectivity index (χ1n) is 9.02. The Morgan fingerprint density at radius 1 is 1.35 bits per heavy atom. The number of hydrogen-bond donors (Lipinski definition) is 1. The van der Waals surface area contributed by atoms with Crippen molar-refractivity contribution in [2.75, 3.05) is 31.6 Å². The van der Waals surface area contributed by atoms with Gasteiger partial charge in [-0.3, -0.25) is 9.78 Å². The van der Waals surface area contributed by atoms with Gasteiger partial charge in [0, 0.05) is 37.9 Å². The van der Waals surface area contributed by atoms with Crippen molar-refractivity contribution in [3.8, 4) is 0 Å². The third kappa shape index (κ3) is 3.26. The lowest BCUT2D eigenvalue weighted by molar-refractivity contribution is -0.117. The molecule has 0 aromatic carbocycles. The second-order valence-corrected chi connectivity index (χ2v) is 7.10. The minimum atomic E-state index is -0.187. The van der Waals surface area contributed by atoms with E-state index in [1.54, 1.807) is 24.5 Å². The maximum absolute atomic E-state index is 12.5. The number of rotatable bonds is 5. The Bertz CT molecular complexity index is 759. The van der Waals surface area contributed by atoms with Crippen molar-refractivity contribution in [1.29, 1.82) is 0 Å². The normalized spacial score (nSPS) is 20.8.